The predicted molar refractivity (Wildman–Crippen MR) is 114 cm³/mol. The zero-order chi connectivity index (χ0) is 21.1. The highest BCUT2D eigenvalue weighted by Crippen LogP contribution is 2.47. The fourth-order valence-corrected chi connectivity index (χ4v) is 4.41. The number of para-hydroxylation sites is 2. The Kier molecular flexibility index (Phi) is 6.16. The SMILES string of the molecule is COc1ccccc1OC1CC(COc2cccc(C(C3CC3)[C@H](C)C(=O)O)c2)C1. The van der Waals surface area contributed by atoms with Gasteiger partial charge in [0.05, 0.1) is 25.7 Å². The van der Waals surface area contributed by atoms with Gasteiger partial charge in [0.25, 0.3) is 0 Å². The molecule has 5 heteroatoms. The van der Waals surface area contributed by atoms with Gasteiger partial charge in [-0.25, -0.2) is 0 Å². The monoisotopic (exact) mass is 410 g/mol. The smallest absolute Gasteiger partial charge is 0.306 e. The van der Waals surface area contributed by atoms with Crippen molar-refractivity contribution in [3.05, 3.63) is 54.1 Å². The van der Waals surface area contributed by atoms with Gasteiger partial charge < -0.3 is 19.3 Å². The quantitative estimate of drug-likeness (QED) is 0.587. The van der Waals surface area contributed by atoms with Crippen LogP contribution in [0.2, 0.25) is 0 Å². The van der Waals surface area contributed by atoms with E-state index in [0.29, 0.717) is 18.4 Å². The van der Waals surface area contributed by atoms with Gasteiger partial charge in [-0.05, 0) is 73.3 Å². The molecule has 2 atom stereocenters. The molecule has 5 nitrogen and oxygen atoms in total. The lowest BCUT2D eigenvalue weighted by Gasteiger charge is -2.35. The molecule has 0 amide bonds. The van der Waals surface area contributed by atoms with Crippen molar-refractivity contribution in [3.8, 4) is 17.2 Å². The lowest BCUT2D eigenvalue weighted by atomic mass is 9.82. The number of rotatable bonds is 10. The first-order chi connectivity index (χ1) is 14.5. The first-order valence-corrected chi connectivity index (χ1v) is 10.8. The Labute approximate surface area is 178 Å². The lowest BCUT2D eigenvalue weighted by Crippen LogP contribution is -2.37. The van der Waals surface area contributed by atoms with Gasteiger partial charge in [-0.2, -0.15) is 0 Å². The van der Waals surface area contributed by atoms with Gasteiger partial charge in [-0.3, -0.25) is 4.79 Å². The standard InChI is InChI=1S/C25H30O5/c1-16(25(26)27)24(18-10-11-18)19-6-5-7-20(14-19)29-15-17-12-21(13-17)30-23-9-4-3-8-22(23)28-2/h3-9,14,16-18,21,24H,10-13,15H2,1-2H3,(H,26,27)/t16-,17?,21?,24?/m0/s1. The van der Waals surface area contributed by atoms with Gasteiger partial charge in [0.2, 0.25) is 0 Å². The van der Waals surface area contributed by atoms with Crippen LogP contribution in [0.4, 0.5) is 0 Å². The number of carboxylic acid groups (broad SMARTS) is 1. The largest absolute Gasteiger partial charge is 0.493 e. The second-order valence-corrected chi connectivity index (χ2v) is 8.60. The Bertz CT molecular complexity index is 869. The summed E-state index contributed by atoms with van der Waals surface area (Å²) in [5.74, 6) is 2.27. The molecule has 4 rings (SSSR count). The lowest BCUT2D eigenvalue weighted by molar-refractivity contribution is -0.142. The van der Waals surface area contributed by atoms with Crippen LogP contribution in [0.1, 0.15) is 44.1 Å². The molecule has 1 N–H and O–H groups in total. The molecule has 160 valence electrons. The summed E-state index contributed by atoms with van der Waals surface area (Å²) in [5.41, 5.74) is 1.08. The fraction of sp³-hybridized carbons (Fsp3) is 0.480. The summed E-state index contributed by atoms with van der Waals surface area (Å²) in [6, 6.07) is 15.7. The van der Waals surface area contributed by atoms with Gasteiger partial charge in [0, 0.05) is 0 Å². The number of hydrogen-bond donors (Lipinski definition) is 1. The van der Waals surface area contributed by atoms with E-state index in [4.69, 9.17) is 14.2 Å². The van der Waals surface area contributed by atoms with Crippen molar-refractivity contribution in [2.24, 2.45) is 17.8 Å². The first-order valence-electron chi connectivity index (χ1n) is 10.8. The number of benzene rings is 2. The second kappa shape index (κ2) is 8.99. The molecule has 0 heterocycles. The Morgan fingerprint density at radius 2 is 1.83 bits per heavy atom. The van der Waals surface area contributed by atoms with Crippen molar-refractivity contribution in [1.82, 2.24) is 0 Å². The van der Waals surface area contributed by atoms with Crippen LogP contribution in [0, 0.1) is 17.8 Å². The Morgan fingerprint density at radius 3 is 2.50 bits per heavy atom. The first kappa shape index (κ1) is 20.6. The van der Waals surface area contributed by atoms with Crippen LogP contribution < -0.4 is 14.2 Å². The van der Waals surface area contributed by atoms with Crippen LogP contribution in [0.25, 0.3) is 0 Å². The van der Waals surface area contributed by atoms with Crippen molar-refractivity contribution in [2.75, 3.05) is 13.7 Å². The highest BCUT2D eigenvalue weighted by Gasteiger charge is 2.38. The molecule has 30 heavy (non-hydrogen) atoms. The highest BCUT2D eigenvalue weighted by molar-refractivity contribution is 5.71. The average Bonchev–Trinajstić information content (AvgIpc) is 3.55. The molecule has 2 aromatic carbocycles. The van der Waals surface area contributed by atoms with Gasteiger partial charge in [0.15, 0.2) is 11.5 Å². The molecule has 0 aliphatic heterocycles. The minimum atomic E-state index is -0.728. The fourth-order valence-electron chi connectivity index (χ4n) is 4.41. The molecule has 2 aliphatic rings. The van der Waals surface area contributed by atoms with E-state index >= 15 is 0 Å². The minimum absolute atomic E-state index is 0.0633. The molecule has 0 spiro atoms. The molecule has 1 unspecified atom stereocenters. The number of carboxylic acids is 1. The van der Waals surface area contributed by atoms with Crippen molar-refractivity contribution in [3.63, 3.8) is 0 Å². The molecule has 2 aliphatic carbocycles. The van der Waals surface area contributed by atoms with Gasteiger partial charge in [-0.1, -0.05) is 31.2 Å². The van der Waals surface area contributed by atoms with Crippen LogP contribution in [0.5, 0.6) is 17.2 Å². The number of ether oxygens (including phenoxy) is 3. The Morgan fingerprint density at radius 1 is 1.10 bits per heavy atom. The number of hydrogen-bond acceptors (Lipinski definition) is 4. The molecule has 0 bridgehead atoms. The summed E-state index contributed by atoms with van der Waals surface area (Å²) >= 11 is 0. The summed E-state index contributed by atoms with van der Waals surface area (Å²) in [4.78, 5) is 11.5. The minimum Gasteiger partial charge on any atom is -0.493 e. The van der Waals surface area contributed by atoms with E-state index < -0.39 is 5.97 Å². The molecule has 0 radical (unpaired) electrons. The maximum absolute atomic E-state index is 11.5. The Balaban J connectivity index is 1.29. The molecule has 2 fully saturated rings. The summed E-state index contributed by atoms with van der Waals surface area (Å²) < 4.78 is 17.5. The summed E-state index contributed by atoms with van der Waals surface area (Å²) in [7, 11) is 1.65. The molecule has 0 saturated heterocycles. The summed E-state index contributed by atoms with van der Waals surface area (Å²) in [6.45, 7) is 2.47. The van der Waals surface area contributed by atoms with Gasteiger partial charge in [0.1, 0.15) is 5.75 Å². The van der Waals surface area contributed by atoms with E-state index in [-0.39, 0.29) is 17.9 Å². The normalized spacial score (nSPS) is 22.5. The van der Waals surface area contributed by atoms with Crippen molar-refractivity contribution >= 4 is 5.97 Å². The van der Waals surface area contributed by atoms with E-state index in [1.165, 1.54) is 0 Å². The zero-order valence-corrected chi connectivity index (χ0v) is 17.6. The number of carbonyl (C=O) groups is 1. The molecular formula is C25H30O5. The number of methoxy groups -OCH3 is 1. The van der Waals surface area contributed by atoms with E-state index in [9.17, 15) is 9.90 Å². The van der Waals surface area contributed by atoms with Crippen LogP contribution in [-0.2, 0) is 4.79 Å². The maximum atomic E-state index is 11.5. The van der Waals surface area contributed by atoms with Crippen LogP contribution >= 0.6 is 0 Å². The zero-order valence-electron chi connectivity index (χ0n) is 17.6. The van der Waals surface area contributed by atoms with Crippen molar-refractivity contribution in [2.45, 2.75) is 44.6 Å². The second-order valence-electron chi connectivity index (χ2n) is 8.60. The molecule has 0 aromatic heterocycles. The molecular weight excluding hydrogens is 380 g/mol. The van der Waals surface area contributed by atoms with Crippen molar-refractivity contribution < 1.29 is 24.1 Å². The van der Waals surface area contributed by atoms with E-state index in [2.05, 4.69) is 0 Å². The maximum Gasteiger partial charge on any atom is 0.306 e. The third-order valence-corrected chi connectivity index (χ3v) is 6.34. The van der Waals surface area contributed by atoms with Gasteiger partial charge in [-0.15, -0.1) is 0 Å². The molecule has 2 aromatic rings. The predicted octanol–water partition coefficient (Wildman–Crippen LogP) is 5.15. The van der Waals surface area contributed by atoms with Crippen molar-refractivity contribution in [1.29, 1.82) is 0 Å². The third kappa shape index (κ3) is 4.72. The van der Waals surface area contributed by atoms with E-state index in [0.717, 1.165) is 48.5 Å². The number of aliphatic carboxylic acids is 1. The average molecular weight is 411 g/mol. The third-order valence-electron chi connectivity index (χ3n) is 6.34. The van der Waals surface area contributed by atoms with Crippen LogP contribution in [-0.4, -0.2) is 30.9 Å². The summed E-state index contributed by atoms with van der Waals surface area (Å²) in [6.07, 6.45) is 4.33. The van der Waals surface area contributed by atoms with Crippen LogP contribution in [0.15, 0.2) is 48.5 Å². The Hall–Kier alpha value is -2.69. The van der Waals surface area contributed by atoms with Gasteiger partial charge >= 0.3 is 5.97 Å². The van der Waals surface area contributed by atoms with E-state index in [1.807, 2.05) is 55.5 Å². The van der Waals surface area contributed by atoms with E-state index in [1.54, 1.807) is 7.11 Å². The summed E-state index contributed by atoms with van der Waals surface area (Å²) in [5, 5.41) is 9.49. The molecule has 2 saturated carbocycles. The highest BCUT2D eigenvalue weighted by atomic mass is 16.5. The van der Waals surface area contributed by atoms with Crippen LogP contribution in [0.3, 0.4) is 0 Å². The topological polar surface area (TPSA) is 65.0 Å².